The molecule has 0 aromatic rings. The number of carbonyl (C=O) groups excluding carboxylic acids is 2. The zero-order valence-corrected chi connectivity index (χ0v) is 15.6. The highest BCUT2D eigenvalue weighted by molar-refractivity contribution is 6.09. The van der Waals surface area contributed by atoms with Gasteiger partial charge in [-0.25, -0.2) is 0 Å². The van der Waals surface area contributed by atoms with Crippen molar-refractivity contribution in [1.29, 1.82) is 10.5 Å². The fourth-order valence-corrected chi connectivity index (χ4v) is 3.78. The predicted molar refractivity (Wildman–Crippen MR) is 98.2 cm³/mol. The third kappa shape index (κ3) is 3.14. The molecule has 0 spiro atoms. The lowest BCUT2D eigenvalue weighted by molar-refractivity contribution is -0.122. The van der Waals surface area contributed by atoms with Crippen molar-refractivity contribution in [2.24, 2.45) is 16.2 Å². The summed E-state index contributed by atoms with van der Waals surface area (Å²) < 4.78 is 0. The van der Waals surface area contributed by atoms with Crippen LogP contribution in [0.3, 0.4) is 0 Å². The summed E-state index contributed by atoms with van der Waals surface area (Å²) in [7, 11) is 0. The van der Waals surface area contributed by atoms with Gasteiger partial charge in [-0.05, 0) is 30.6 Å². The summed E-state index contributed by atoms with van der Waals surface area (Å²) in [5, 5.41) is 18.7. The van der Waals surface area contributed by atoms with Crippen molar-refractivity contribution in [2.45, 2.75) is 47.0 Å². The van der Waals surface area contributed by atoms with Crippen LogP contribution in [0.5, 0.6) is 0 Å². The monoisotopic (exact) mass is 346 g/mol. The highest BCUT2D eigenvalue weighted by Crippen LogP contribution is 2.54. The van der Waals surface area contributed by atoms with E-state index in [-0.39, 0.29) is 22.7 Å². The van der Waals surface area contributed by atoms with E-state index in [9.17, 15) is 20.1 Å². The number of carbonyl (C=O) groups is 2. The van der Waals surface area contributed by atoms with E-state index in [1.54, 1.807) is 32.9 Å². The van der Waals surface area contributed by atoms with Crippen LogP contribution in [-0.2, 0) is 9.59 Å². The van der Waals surface area contributed by atoms with Crippen LogP contribution in [-0.4, -0.2) is 11.6 Å². The van der Waals surface area contributed by atoms with Gasteiger partial charge in [0.05, 0.1) is 16.6 Å². The molecule has 1 saturated carbocycles. The first kappa shape index (κ1) is 19.4. The van der Waals surface area contributed by atoms with Crippen LogP contribution in [0, 0.1) is 51.3 Å². The summed E-state index contributed by atoms with van der Waals surface area (Å²) in [6, 6.07) is 3.93. The number of nitriles is 2. The molecule has 0 saturated heterocycles. The van der Waals surface area contributed by atoms with Gasteiger partial charge >= 0.3 is 0 Å². The van der Waals surface area contributed by atoms with Gasteiger partial charge in [-0.15, -0.1) is 6.42 Å². The minimum atomic E-state index is -0.826. The van der Waals surface area contributed by atoms with E-state index in [1.165, 1.54) is 6.08 Å². The molecule has 2 aliphatic carbocycles. The Morgan fingerprint density at radius 2 is 1.96 bits per heavy atom. The molecule has 0 aromatic carbocycles. The summed E-state index contributed by atoms with van der Waals surface area (Å²) in [6.45, 7) is 7.19. The second-order valence-corrected chi connectivity index (χ2v) is 8.23. The zero-order chi connectivity index (χ0) is 19.8. The van der Waals surface area contributed by atoms with Gasteiger partial charge in [-0.3, -0.25) is 9.59 Å². The number of rotatable bonds is 2. The van der Waals surface area contributed by atoms with Gasteiger partial charge in [-0.1, -0.05) is 46.1 Å². The molecule has 0 heterocycles. The predicted octanol–water partition coefficient (Wildman–Crippen LogP) is 3.82. The van der Waals surface area contributed by atoms with Gasteiger partial charge in [0.2, 0.25) is 0 Å². The molecule has 132 valence electrons. The summed E-state index contributed by atoms with van der Waals surface area (Å²) in [5.74, 6) is 2.14. The van der Waals surface area contributed by atoms with Crippen LogP contribution in [0.25, 0.3) is 0 Å². The van der Waals surface area contributed by atoms with Crippen molar-refractivity contribution in [3.8, 4) is 24.5 Å². The van der Waals surface area contributed by atoms with Crippen LogP contribution in [0.2, 0.25) is 0 Å². The highest BCUT2D eigenvalue weighted by atomic mass is 16.1. The maximum atomic E-state index is 12.6. The Balaban J connectivity index is 2.64. The van der Waals surface area contributed by atoms with Crippen LogP contribution >= 0.6 is 0 Å². The van der Waals surface area contributed by atoms with E-state index in [0.29, 0.717) is 18.4 Å². The van der Waals surface area contributed by atoms with Gasteiger partial charge in [0.15, 0.2) is 11.6 Å². The first-order valence-corrected chi connectivity index (χ1v) is 8.58. The molecule has 4 nitrogen and oxygen atoms in total. The molecule has 0 aromatic heterocycles. The van der Waals surface area contributed by atoms with Crippen LogP contribution in [0.15, 0.2) is 34.9 Å². The Morgan fingerprint density at radius 3 is 2.46 bits per heavy atom. The van der Waals surface area contributed by atoms with E-state index in [0.717, 1.165) is 6.42 Å². The second kappa shape index (κ2) is 6.44. The van der Waals surface area contributed by atoms with Crippen molar-refractivity contribution in [1.82, 2.24) is 0 Å². The zero-order valence-electron chi connectivity index (χ0n) is 15.6. The molecule has 26 heavy (non-hydrogen) atoms. The van der Waals surface area contributed by atoms with Crippen molar-refractivity contribution in [3.63, 3.8) is 0 Å². The molecule has 0 amide bonds. The molecule has 0 bridgehead atoms. The molecular formula is C22H22N2O2. The Bertz CT molecular complexity index is 890. The van der Waals surface area contributed by atoms with Gasteiger partial charge in [-0.2, -0.15) is 10.5 Å². The number of fused-ring (bicyclic) bond motifs is 1. The molecule has 0 N–H and O–H groups in total. The number of allylic oxidation sites excluding steroid dienone is 6. The number of hydrogen-bond donors (Lipinski definition) is 0. The van der Waals surface area contributed by atoms with E-state index in [1.807, 2.05) is 19.1 Å². The first-order valence-electron chi connectivity index (χ1n) is 8.58. The molecule has 0 aliphatic heterocycles. The largest absolute Gasteiger partial charge is 0.293 e. The Kier molecular flexibility index (Phi) is 4.81. The fourth-order valence-electron chi connectivity index (χ4n) is 3.78. The lowest BCUT2D eigenvalue weighted by atomic mass is 9.56. The van der Waals surface area contributed by atoms with Crippen LogP contribution < -0.4 is 0 Å². The second-order valence-electron chi connectivity index (χ2n) is 8.23. The van der Waals surface area contributed by atoms with Crippen molar-refractivity contribution in [3.05, 3.63) is 34.9 Å². The third-order valence-corrected chi connectivity index (χ3v) is 5.18. The van der Waals surface area contributed by atoms with E-state index < -0.39 is 16.2 Å². The smallest absolute Gasteiger partial charge is 0.196 e. The van der Waals surface area contributed by atoms with Crippen molar-refractivity contribution >= 4 is 11.6 Å². The Morgan fingerprint density at radius 1 is 1.31 bits per heavy atom. The van der Waals surface area contributed by atoms with Crippen molar-refractivity contribution in [2.75, 3.05) is 0 Å². The van der Waals surface area contributed by atoms with Crippen molar-refractivity contribution < 1.29 is 9.59 Å². The quantitative estimate of drug-likeness (QED) is 0.432. The lowest BCUT2D eigenvalue weighted by Gasteiger charge is -2.45. The number of Topliss-reactive ketones (excluding diaryl/α,β-unsaturated/α-hetero) is 1. The average Bonchev–Trinajstić information content (AvgIpc) is 2.59. The molecule has 2 rings (SSSR count). The number of nitrogens with zero attached hydrogens (tertiary/aromatic N) is 2. The summed E-state index contributed by atoms with van der Waals surface area (Å²) in [5.41, 5.74) is -1.38. The summed E-state index contributed by atoms with van der Waals surface area (Å²) in [6.07, 6.45) is 12.6. The van der Waals surface area contributed by atoms with E-state index in [4.69, 9.17) is 6.42 Å². The SMILES string of the molecule is C#CC12C=C(C#N)C(=O)C=C1[C@](C)(/C=C(/C#N)C(=O)C(C)(C)C)CCC2. The topological polar surface area (TPSA) is 81.7 Å². The maximum absolute atomic E-state index is 12.6. The first-order chi connectivity index (χ1) is 12.0. The van der Waals surface area contributed by atoms with E-state index >= 15 is 0 Å². The number of ketones is 2. The summed E-state index contributed by atoms with van der Waals surface area (Å²) in [4.78, 5) is 24.9. The molecule has 1 fully saturated rings. The average molecular weight is 346 g/mol. The Hall–Kier alpha value is -2.90. The number of terminal acetylenes is 1. The molecule has 2 aliphatic rings. The minimum absolute atomic E-state index is 0.0474. The fraction of sp³-hybridized carbons (Fsp3) is 0.455. The van der Waals surface area contributed by atoms with Crippen LogP contribution in [0.4, 0.5) is 0 Å². The summed E-state index contributed by atoms with van der Waals surface area (Å²) >= 11 is 0. The molecule has 4 heteroatoms. The standard InChI is InChI=1S/C22H22N2O2/c1-6-22-9-7-8-21(5,11-16(14-24)19(26)20(2,3)4)18(22)10-17(25)15(12-22)13-23/h1,10-12H,7-9H2,2-5H3/b16-11-/t21-,22?/m0/s1. The lowest BCUT2D eigenvalue weighted by Crippen LogP contribution is -2.38. The molecular weight excluding hydrogens is 324 g/mol. The number of hydrogen-bond acceptors (Lipinski definition) is 4. The molecule has 2 atom stereocenters. The van der Waals surface area contributed by atoms with Gasteiger partial charge in [0.25, 0.3) is 0 Å². The van der Waals surface area contributed by atoms with Crippen LogP contribution in [0.1, 0.15) is 47.0 Å². The van der Waals surface area contributed by atoms with Gasteiger partial charge < -0.3 is 0 Å². The third-order valence-electron chi connectivity index (χ3n) is 5.18. The van der Waals surface area contributed by atoms with Gasteiger partial charge in [0.1, 0.15) is 12.1 Å². The normalized spacial score (nSPS) is 28.7. The Labute approximate surface area is 154 Å². The van der Waals surface area contributed by atoms with Gasteiger partial charge in [0, 0.05) is 10.8 Å². The molecule has 0 radical (unpaired) electrons. The maximum Gasteiger partial charge on any atom is 0.196 e. The minimum Gasteiger partial charge on any atom is -0.293 e. The molecule has 1 unspecified atom stereocenters. The van der Waals surface area contributed by atoms with E-state index in [2.05, 4.69) is 5.92 Å². The highest BCUT2D eigenvalue weighted by Gasteiger charge is 2.47.